The smallest absolute Gasteiger partial charge is 0.110 e. The number of rotatable bonds is 3. The zero-order valence-corrected chi connectivity index (χ0v) is 12.9. The van der Waals surface area contributed by atoms with Crippen LogP contribution in [-0.4, -0.2) is 4.98 Å². The topological polar surface area (TPSA) is 38.9 Å². The van der Waals surface area contributed by atoms with Crippen molar-refractivity contribution in [2.45, 2.75) is 65.8 Å². The van der Waals surface area contributed by atoms with E-state index in [1.807, 2.05) is 11.3 Å². The van der Waals surface area contributed by atoms with Crippen LogP contribution in [-0.2, 0) is 12.8 Å². The molecule has 2 nitrogen and oxygen atoms in total. The van der Waals surface area contributed by atoms with Gasteiger partial charge >= 0.3 is 0 Å². The minimum atomic E-state index is 0.0673. The quantitative estimate of drug-likeness (QED) is 0.894. The number of thiazole rings is 1. The van der Waals surface area contributed by atoms with Crippen LogP contribution >= 0.6 is 11.3 Å². The van der Waals surface area contributed by atoms with Gasteiger partial charge in [-0.3, -0.25) is 0 Å². The van der Waals surface area contributed by atoms with E-state index in [-0.39, 0.29) is 11.5 Å². The minimum absolute atomic E-state index is 0.0673. The average molecular weight is 266 g/mol. The molecule has 3 heteroatoms. The first-order chi connectivity index (χ1) is 8.41. The Morgan fingerprint density at radius 2 is 2.17 bits per heavy atom. The molecule has 102 valence electrons. The zero-order chi connectivity index (χ0) is 13.3. The van der Waals surface area contributed by atoms with E-state index in [4.69, 9.17) is 10.7 Å². The molecule has 18 heavy (non-hydrogen) atoms. The van der Waals surface area contributed by atoms with Crippen LogP contribution < -0.4 is 5.73 Å². The van der Waals surface area contributed by atoms with Gasteiger partial charge in [-0.05, 0) is 30.6 Å². The maximum Gasteiger partial charge on any atom is 0.110 e. The lowest BCUT2D eigenvalue weighted by Gasteiger charge is -2.24. The number of fused-ring (bicyclic) bond motifs is 1. The first kappa shape index (κ1) is 14.0. The molecule has 0 bridgehead atoms. The lowest BCUT2D eigenvalue weighted by atomic mass is 9.87. The molecule has 2 rings (SSSR count). The van der Waals surface area contributed by atoms with Gasteiger partial charge in [-0.25, -0.2) is 4.98 Å². The summed E-state index contributed by atoms with van der Waals surface area (Å²) >= 11 is 1.86. The molecule has 0 radical (unpaired) electrons. The highest BCUT2D eigenvalue weighted by Crippen LogP contribution is 2.38. The molecule has 0 aromatic carbocycles. The molecular weight excluding hydrogens is 240 g/mol. The van der Waals surface area contributed by atoms with Crippen molar-refractivity contribution in [1.82, 2.24) is 4.98 Å². The largest absolute Gasteiger partial charge is 0.322 e. The molecule has 0 saturated heterocycles. The van der Waals surface area contributed by atoms with E-state index >= 15 is 0 Å². The molecule has 2 atom stereocenters. The monoisotopic (exact) mass is 266 g/mol. The average Bonchev–Trinajstić information content (AvgIpc) is 2.70. The number of nitrogens with two attached hydrogens (primary N) is 1. The van der Waals surface area contributed by atoms with E-state index in [1.165, 1.54) is 36.3 Å². The van der Waals surface area contributed by atoms with Crippen molar-refractivity contribution in [2.24, 2.45) is 17.1 Å². The number of hydrogen-bond donors (Lipinski definition) is 1. The molecule has 0 aliphatic heterocycles. The summed E-state index contributed by atoms with van der Waals surface area (Å²) in [6.07, 6.45) is 6.37. The third-order valence-corrected chi connectivity index (χ3v) is 5.16. The third kappa shape index (κ3) is 2.94. The molecular formula is C15H26N2S. The van der Waals surface area contributed by atoms with Crippen LogP contribution in [0.5, 0.6) is 0 Å². The minimum Gasteiger partial charge on any atom is -0.322 e. The molecule has 1 aliphatic carbocycles. The van der Waals surface area contributed by atoms with Crippen LogP contribution in [0.15, 0.2) is 0 Å². The van der Waals surface area contributed by atoms with Crippen LogP contribution in [0.4, 0.5) is 0 Å². The predicted molar refractivity (Wildman–Crippen MR) is 78.9 cm³/mol. The van der Waals surface area contributed by atoms with Gasteiger partial charge in [0.05, 0.1) is 11.7 Å². The van der Waals surface area contributed by atoms with Gasteiger partial charge in [-0.1, -0.05) is 40.5 Å². The van der Waals surface area contributed by atoms with Crippen molar-refractivity contribution in [3.05, 3.63) is 15.6 Å². The Balaban J connectivity index is 2.15. The van der Waals surface area contributed by atoms with Gasteiger partial charge in [0, 0.05) is 4.88 Å². The maximum absolute atomic E-state index is 6.33. The van der Waals surface area contributed by atoms with Gasteiger partial charge in [-0.2, -0.15) is 0 Å². The Morgan fingerprint density at radius 1 is 1.44 bits per heavy atom. The highest BCUT2D eigenvalue weighted by atomic mass is 32.1. The van der Waals surface area contributed by atoms with Gasteiger partial charge in [0.25, 0.3) is 0 Å². The Kier molecular flexibility index (Phi) is 4.12. The van der Waals surface area contributed by atoms with E-state index < -0.39 is 0 Å². The molecule has 0 spiro atoms. The molecule has 0 amide bonds. The fraction of sp³-hybridized carbons (Fsp3) is 0.800. The first-order valence-corrected chi connectivity index (χ1v) is 7.97. The highest BCUT2D eigenvalue weighted by molar-refractivity contribution is 7.11. The summed E-state index contributed by atoms with van der Waals surface area (Å²) < 4.78 is 0. The standard InChI is InChI=1S/C15H26N2S/c1-5-6-10-7-8-11-12(9-10)18-14(17-11)13(16)15(2,3)4/h10,13H,5-9,16H2,1-4H3. The lowest BCUT2D eigenvalue weighted by Crippen LogP contribution is -2.26. The van der Waals surface area contributed by atoms with Gasteiger partial charge in [-0.15, -0.1) is 11.3 Å². The van der Waals surface area contributed by atoms with E-state index in [9.17, 15) is 0 Å². The Morgan fingerprint density at radius 3 is 2.78 bits per heavy atom. The second kappa shape index (κ2) is 5.30. The van der Waals surface area contributed by atoms with Crippen molar-refractivity contribution in [2.75, 3.05) is 0 Å². The van der Waals surface area contributed by atoms with Gasteiger partial charge in [0.1, 0.15) is 5.01 Å². The summed E-state index contributed by atoms with van der Waals surface area (Å²) in [5, 5.41) is 1.14. The third-order valence-electron chi connectivity index (χ3n) is 3.95. The molecule has 2 N–H and O–H groups in total. The van der Waals surface area contributed by atoms with Gasteiger partial charge < -0.3 is 5.73 Å². The number of aromatic nitrogens is 1. The van der Waals surface area contributed by atoms with Crippen molar-refractivity contribution >= 4 is 11.3 Å². The summed E-state index contributed by atoms with van der Waals surface area (Å²) in [6.45, 7) is 8.86. The Bertz CT molecular complexity index is 403. The predicted octanol–water partition coefficient (Wildman–Crippen LogP) is 4.09. The summed E-state index contributed by atoms with van der Waals surface area (Å²) in [4.78, 5) is 6.31. The fourth-order valence-electron chi connectivity index (χ4n) is 2.62. The van der Waals surface area contributed by atoms with Crippen molar-refractivity contribution in [3.63, 3.8) is 0 Å². The maximum atomic E-state index is 6.33. The van der Waals surface area contributed by atoms with Crippen molar-refractivity contribution in [3.8, 4) is 0 Å². The van der Waals surface area contributed by atoms with Crippen LogP contribution in [0.1, 0.15) is 68.6 Å². The number of hydrogen-bond acceptors (Lipinski definition) is 3. The Labute approximate surface area is 115 Å². The summed E-state index contributed by atoms with van der Waals surface area (Å²) in [5.74, 6) is 0.877. The van der Waals surface area contributed by atoms with Gasteiger partial charge in [0.15, 0.2) is 0 Å². The summed E-state index contributed by atoms with van der Waals surface area (Å²) in [7, 11) is 0. The van der Waals surface area contributed by atoms with E-state index in [0.717, 1.165) is 17.3 Å². The van der Waals surface area contributed by atoms with Crippen molar-refractivity contribution < 1.29 is 0 Å². The van der Waals surface area contributed by atoms with E-state index in [0.29, 0.717) is 0 Å². The van der Waals surface area contributed by atoms with Crippen LogP contribution in [0, 0.1) is 11.3 Å². The molecule has 1 aromatic rings. The summed E-state index contributed by atoms with van der Waals surface area (Å²) in [6, 6.07) is 0.0673. The van der Waals surface area contributed by atoms with Crippen LogP contribution in [0.25, 0.3) is 0 Å². The van der Waals surface area contributed by atoms with E-state index in [2.05, 4.69) is 27.7 Å². The fourth-order valence-corrected chi connectivity index (χ4v) is 4.09. The second-order valence-electron chi connectivity index (χ2n) is 6.66. The molecule has 1 aliphatic rings. The highest BCUT2D eigenvalue weighted by Gasteiger charge is 2.28. The Hall–Kier alpha value is -0.410. The normalized spacial score (nSPS) is 21.7. The first-order valence-electron chi connectivity index (χ1n) is 7.16. The number of aryl methyl sites for hydroxylation is 1. The molecule has 0 saturated carbocycles. The van der Waals surface area contributed by atoms with Crippen molar-refractivity contribution in [1.29, 1.82) is 0 Å². The van der Waals surface area contributed by atoms with Crippen LogP contribution in [0.2, 0.25) is 0 Å². The summed E-state index contributed by atoms with van der Waals surface area (Å²) in [5.41, 5.74) is 7.76. The zero-order valence-electron chi connectivity index (χ0n) is 12.1. The second-order valence-corrected chi connectivity index (χ2v) is 7.78. The SMILES string of the molecule is CCCC1CCc2nc(C(N)C(C)(C)C)sc2C1. The number of nitrogens with zero attached hydrogens (tertiary/aromatic N) is 1. The van der Waals surface area contributed by atoms with E-state index in [1.54, 1.807) is 0 Å². The lowest BCUT2D eigenvalue weighted by molar-refractivity contribution is 0.325. The van der Waals surface area contributed by atoms with Gasteiger partial charge in [0.2, 0.25) is 0 Å². The molecule has 1 aromatic heterocycles. The molecule has 0 fully saturated rings. The molecule has 2 unspecified atom stereocenters. The van der Waals surface area contributed by atoms with Crippen LogP contribution in [0.3, 0.4) is 0 Å². The molecule has 1 heterocycles.